The second-order valence-electron chi connectivity index (χ2n) is 5.99. The van der Waals surface area contributed by atoms with Crippen molar-refractivity contribution in [3.8, 4) is 0 Å². The third-order valence-electron chi connectivity index (χ3n) is 4.40. The SMILES string of the molecule is CCCCN(CCCC)C(=O)C1CCC(CN)CC1. The van der Waals surface area contributed by atoms with Crippen molar-refractivity contribution < 1.29 is 4.79 Å². The maximum absolute atomic E-state index is 12.6. The van der Waals surface area contributed by atoms with E-state index in [4.69, 9.17) is 5.73 Å². The third-order valence-corrected chi connectivity index (χ3v) is 4.40. The summed E-state index contributed by atoms with van der Waals surface area (Å²) in [6.07, 6.45) is 8.97. The number of carbonyl (C=O) groups is 1. The number of nitrogens with zero attached hydrogens (tertiary/aromatic N) is 1. The van der Waals surface area contributed by atoms with E-state index in [1.807, 2.05) is 0 Å². The highest BCUT2D eigenvalue weighted by molar-refractivity contribution is 5.78. The Morgan fingerprint density at radius 3 is 2.00 bits per heavy atom. The van der Waals surface area contributed by atoms with Crippen molar-refractivity contribution in [3.05, 3.63) is 0 Å². The number of rotatable bonds is 8. The lowest BCUT2D eigenvalue weighted by atomic mass is 9.81. The molecule has 0 heterocycles. The van der Waals surface area contributed by atoms with Crippen molar-refractivity contribution in [1.29, 1.82) is 0 Å². The van der Waals surface area contributed by atoms with Crippen LogP contribution in [-0.4, -0.2) is 30.4 Å². The predicted octanol–water partition coefficient (Wildman–Crippen LogP) is 3.18. The van der Waals surface area contributed by atoms with Crippen molar-refractivity contribution in [2.24, 2.45) is 17.6 Å². The van der Waals surface area contributed by atoms with E-state index in [2.05, 4.69) is 18.7 Å². The van der Waals surface area contributed by atoms with Crippen LogP contribution in [0.5, 0.6) is 0 Å². The first kappa shape index (κ1) is 16.5. The first-order valence-corrected chi connectivity index (χ1v) is 8.21. The van der Waals surface area contributed by atoms with E-state index in [-0.39, 0.29) is 5.92 Å². The normalized spacial score (nSPS) is 23.3. The second kappa shape index (κ2) is 9.35. The van der Waals surface area contributed by atoms with Gasteiger partial charge in [-0.2, -0.15) is 0 Å². The fourth-order valence-electron chi connectivity index (χ4n) is 2.93. The lowest BCUT2D eigenvalue weighted by Gasteiger charge is -2.32. The Kier molecular flexibility index (Phi) is 8.11. The molecular weight excluding hydrogens is 236 g/mol. The molecule has 1 fully saturated rings. The van der Waals surface area contributed by atoms with Gasteiger partial charge >= 0.3 is 0 Å². The van der Waals surface area contributed by atoms with Crippen LogP contribution in [-0.2, 0) is 4.79 Å². The molecule has 0 aromatic heterocycles. The van der Waals surface area contributed by atoms with E-state index < -0.39 is 0 Å². The van der Waals surface area contributed by atoms with E-state index in [1.165, 1.54) is 0 Å². The average molecular weight is 268 g/mol. The zero-order chi connectivity index (χ0) is 14.1. The molecule has 0 bridgehead atoms. The minimum absolute atomic E-state index is 0.275. The van der Waals surface area contributed by atoms with Crippen LogP contribution in [0.2, 0.25) is 0 Å². The molecule has 0 aromatic carbocycles. The Hall–Kier alpha value is -0.570. The van der Waals surface area contributed by atoms with Crippen molar-refractivity contribution in [1.82, 2.24) is 4.90 Å². The van der Waals surface area contributed by atoms with Gasteiger partial charge in [-0.25, -0.2) is 0 Å². The van der Waals surface area contributed by atoms with E-state index in [1.54, 1.807) is 0 Å². The van der Waals surface area contributed by atoms with E-state index in [0.717, 1.165) is 71.0 Å². The molecule has 3 heteroatoms. The van der Waals surface area contributed by atoms with Crippen molar-refractivity contribution >= 4 is 5.91 Å². The molecule has 0 spiro atoms. The molecule has 0 atom stereocenters. The van der Waals surface area contributed by atoms with Crippen molar-refractivity contribution in [2.75, 3.05) is 19.6 Å². The molecule has 0 saturated heterocycles. The number of hydrogen-bond donors (Lipinski definition) is 1. The van der Waals surface area contributed by atoms with Gasteiger partial charge in [-0.1, -0.05) is 26.7 Å². The molecule has 19 heavy (non-hydrogen) atoms. The quantitative estimate of drug-likeness (QED) is 0.735. The van der Waals surface area contributed by atoms with Gasteiger partial charge in [-0.3, -0.25) is 4.79 Å². The lowest BCUT2D eigenvalue weighted by Crippen LogP contribution is -2.39. The number of nitrogens with two attached hydrogens (primary N) is 1. The van der Waals surface area contributed by atoms with Gasteiger partial charge < -0.3 is 10.6 Å². The first-order chi connectivity index (χ1) is 9.22. The fourth-order valence-corrected chi connectivity index (χ4v) is 2.93. The van der Waals surface area contributed by atoms with Crippen LogP contribution in [0.15, 0.2) is 0 Å². The largest absolute Gasteiger partial charge is 0.342 e. The highest BCUT2D eigenvalue weighted by Gasteiger charge is 2.28. The standard InChI is InChI=1S/C16H32N2O/c1-3-5-11-18(12-6-4-2)16(19)15-9-7-14(13-17)8-10-15/h14-15H,3-13,17H2,1-2H3. The second-order valence-corrected chi connectivity index (χ2v) is 5.99. The zero-order valence-corrected chi connectivity index (χ0v) is 12.9. The summed E-state index contributed by atoms with van der Waals surface area (Å²) < 4.78 is 0. The smallest absolute Gasteiger partial charge is 0.225 e. The molecule has 1 aliphatic carbocycles. The van der Waals surface area contributed by atoms with E-state index in [0.29, 0.717) is 11.8 Å². The Morgan fingerprint density at radius 2 is 1.58 bits per heavy atom. The van der Waals surface area contributed by atoms with Crippen molar-refractivity contribution in [3.63, 3.8) is 0 Å². The Morgan fingerprint density at radius 1 is 1.05 bits per heavy atom. The lowest BCUT2D eigenvalue weighted by molar-refractivity contribution is -0.137. The molecule has 0 unspecified atom stereocenters. The van der Waals surface area contributed by atoms with Crippen LogP contribution in [0.25, 0.3) is 0 Å². The van der Waals surface area contributed by atoms with Gasteiger partial charge in [0.1, 0.15) is 0 Å². The van der Waals surface area contributed by atoms with E-state index in [9.17, 15) is 4.79 Å². The van der Waals surface area contributed by atoms with Gasteiger partial charge in [0.2, 0.25) is 5.91 Å². The molecule has 1 amide bonds. The molecule has 112 valence electrons. The monoisotopic (exact) mass is 268 g/mol. The molecule has 2 N–H and O–H groups in total. The molecule has 1 rings (SSSR count). The summed E-state index contributed by atoms with van der Waals surface area (Å²) in [5.41, 5.74) is 5.72. The molecule has 0 aromatic rings. The van der Waals surface area contributed by atoms with Crippen LogP contribution < -0.4 is 5.73 Å². The number of unbranched alkanes of at least 4 members (excludes halogenated alkanes) is 2. The highest BCUT2D eigenvalue weighted by Crippen LogP contribution is 2.29. The average Bonchev–Trinajstić information content (AvgIpc) is 2.47. The molecule has 0 radical (unpaired) electrons. The van der Waals surface area contributed by atoms with Crippen molar-refractivity contribution in [2.45, 2.75) is 65.2 Å². The summed E-state index contributed by atoms with van der Waals surface area (Å²) in [5.74, 6) is 1.35. The minimum Gasteiger partial charge on any atom is -0.342 e. The summed E-state index contributed by atoms with van der Waals surface area (Å²) in [4.78, 5) is 14.7. The van der Waals surface area contributed by atoms with Gasteiger partial charge in [0.25, 0.3) is 0 Å². The number of amides is 1. The summed E-state index contributed by atoms with van der Waals surface area (Å²) in [6.45, 7) is 7.07. The number of carbonyl (C=O) groups excluding carboxylic acids is 1. The summed E-state index contributed by atoms with van der Waals surface area (Å²) >= 11 is 0. The van der Waals surface area contributed by atoms with Gasteiger partial charge in [-0.15, -0.1) is 0 Å². The predicted molar refractivity (Wildman–Crippen MR) is 80.9 cm³/mol. The highest BCUT2D eigenvalue weighted by atomic mass is 16.2. The van der Waals surface area contributed by atoms with E-state index >= 15 is 0 Å². The maximum Gasteiger partial charge on any atom is 0.225 e. The molecular formula is C16H32N2O. The van der Waals surface area contributed by atoms with Crippen LogP contribution in [0, 0.1) is 11.8 Å². The topological polar surface area (TPSA) is 46.3 Å². The zero-order valence-electron chi connectivity index (χ0n) is 12.9. The number of hydrogen-bond acceptors (Lipinski definition) is 2. The van der Waals surface area contributed by atoms with Crippen LogP contribution >= 0.6 is 0 Å². The minimum atomic E-state index is 0.275. The Bertz CT molecular complexity index is 239. The van der Waals surface area contributed by atoms with Crippen LogP contribution in [0.1, 0.15) is 65.2 Å². The molecule has 1 aliphatic rings. The van der Waals surface area contributed by atoms with Gasteiger partial charge in [0.05, 0.1) is 0 Å². The Balaban J connectivity index is 2.45. The first-order valence-electron chi connectivity index (χ1n) is 8.21. The molecule has 0 aliphatic heterocycles. The van der Waals surface area contributed by atoms with Gasteiger partial charge in [-0.05, 0) is 51.0 Å². The summed E-state index contributed by atoms with van der Waals surface area (Å²) in [6, 6.07) is 0. The summed E-state index contributed by atoms with van der Waals surface area (Å²) in [7, 11) is 0. The maximum atomic E-state index is 12.6. The Labute approximate surface area is 118 Å². The summed E-state index contributed by atoms with van der Waals surface area (Å²) in [5, 5.41) is 0. The van der Waals surface area contributed by atoms with Crippen LogP contribution in [0.4, 0.5) is 0 Å². The van der Waals surface area contributed by atoms with Gasteiger partial charge in [0.15, 0.2) is 0 Å². The van der Waals surface area contributed by atoms with Crippen LogP contribution in [0.3, 0.4) is 0 Å². The third kappa shape index (κ3) is 5.52. The molecule has 1 saturated carbocycles. The fraction of sp³-hybridized carbons (Fsp3) is 0.938. The molecule has 3 nitrogen and oxygen atoms in total. The van der Waals surface area contributed by atoms with Gasteiger partial charge in [0, 0.05) is 19.0 Å².